The van der Waals surface area contributed by atoms with Gasteiger partial charge in [-0.25, -0.2) is 0 Å². The van der Waals surface area contributed by atoms with Gasteiger partial charge >= 0.3 is 0 Å². The van der Waals surface area contributed by atoms with Gasteiger partial charge in [-0.3, -0.25) is 4.79 Å². The van der Waals surface area contributed by atoms with E-state index in [-0.39, 0.29) is 5.91 Å². The van der Waals surface area contributed by atoms with Gasteiger partial charge in [-0.2, -0.15) is 0 Å². The van der Waals surface area contributed by atoms with Crippen LogP contribution in [-0.4, -0.2) is 37.0 Å². The van der Waals surface area contributed by atoms with E-state index in [1.807, 2.05) is 0 Å². The highest BCUT2D eigenvalue weighted by atomic mass is 16.1. The molecule has 1 unspecified atom stereocenters. The number of hydrogen-bond acceptors (Lipinski definition) is 2. The molecule has 0 radical (unpaired) electrons. The van der Waals surface area contributed by atoms with Crippen LogP contribution in [0.3, 0.4) is 0 Å². The molecule has 0 saturated carbocycles. The first-order valence-corrected chi connectivity index (χ1v) is 6.35. The fourth-order valence-corrected chi connectivity index (χ4v) is 2.13. The zero-order valence-electron chi connectivity index (χ0n) is 11.2. The molecule has 0 aromatic heterocycles. The molecule has 1 aliphatic heterocycles. The van der Waals surface area contributed by atoms with Gasteiger partial charge < -0.3 is 10.2 Å². The highest BCUT2D eigenvalue weighted by Crippen LogP contribution is 2.21. The number of amides is 1. The van der Waals surface area contributed by atoms with Gasteiger partial charge in [-0.05, 0) is 38.3 Å². The van der Waals surface area contributed by atoms with Crippen LogP contribution in [0.5, 0.6) is 0 Å². The van der Waals surface area contributed by atoms with Crippen LogP contribution < -0.4 is 5.32 Å². The topological polar surface area (TPSA) is 32.3 Å². The third-order valence-corrected chi connectivity index (χ3v) is 3.09. The molecule has 1 atom stereocenters. The molecule has 1 rings (SSSR count). The largest absolute Gasteiger partial charge is 0.352 e. The van der Waals surface area contributed by atoms with Crippen molar-refractivity contribution >= 4 is 5.91 Å². The second-order valence-electron chi connectivity index (χ2n) is 6.23. The van der Waals surface area contributed by atoms with E-state index in [9.17, 15) is 4.79 Å². The highest BCUT2D eigenvalue weighted by Gasteiger charge is 2.20. The van der Waals surface area contributed by atoms with E-state index >= 15 is 0 Å². The van der Waals surface area contributed by atoms with E-state index in [2.05, 4.69) is 38.0 Å². The van der Waals surface area contributed by atoms with Crippen LogP contribution in [-0.2, 0) is 4.79 Å². The Morgan fingerprint density at radius 3 is 2.62 bits per heavy atom. The summed E-state index contributed by atoms with van der Waals surface area (Å²) in [6.45, 7) is 8.77. The van der Waals surface area contributed by atoms with Crippen LogP contribution in [0.4, 0.5) is 0 Å². The third kappa shape index (κ3) is 5.50. The molecule has 0 bridgehead atoms. The number of rotatable bonds is 4. The Hall–Kier alpha value is -0.570. The van der Waals surface area contributed by atoms with Crippen LogP contribution >= 0.6 is 0 Å². The van der Waals surface area contributed by atoms with Crippen LogP contribution in [0.25, 0.3) is 0 Å². The van der Waals surface area contributed by atoms with Gasteiger partial charge in [0.1, 0.15) is 0 Å². The van der Waals surface area contributed by atoms with Crippen molar-refractivity contribution in [2.75, 3.05) is 20.1 Å². The van der Waals surface area contributed by atoms with E-state index in [0.29, 0.717) is 17.9 Å². The summed E-state index contributed by atoms with van der Waals surface area (Å²) in [6.07, 6.45) is 3.89. The molecule has 0 aromatic carbocycles. The number of nitrogens with zero attached hydrogens (tertiary/aromatic N) is 1. The number of likely N-dealkylation sites (tertiary alicyclic amines) is 1. The highest BCUT2D eigenvalue weighted by molar-refractivity contribution is 5.76. The molecule has 0 aromatic rings. The standard InChI is InChI=1S/C13H26N2O/c1-13(2,3)8-5-6-12(16)14-11-7-9-15(4)10-11/h11H,5-10H2,1-4H3,(H,14,16). The average molecular weight is 226 g/mol. The minimum atomic E-state index is 0.226. The van der Waals surface area contributed by atoms with Crippen molar-refractivity contribution in [3.63, 3.8) is 0 Å². The quantitative estimate of drug-likeness (QED) is 0.795. The minimum Gasteiger partial charge on any atom is -0.352 e. The maximum Gasteiger partial charge on any atom is 0.220 e. The summed E-state index contributed by atoms with van der Waals surface area (Å²) >= 11 is 0. The first kappa shape index (κ1) is 13.5. The zero-order valence-corrected chi connectivity index (χ0v) is 11.2. The van der Waals surface area contributed by atoms with Crippen molar-refractivity contribution in [1.82, 2.24) is 10.2 Å². The molecule has 1 heterocycles. The lowest BCUT2D eigenvalue weighted by Crippen LogP contribution is -2.36. The second kappa shape index (κ2) is 5.67. The average Bonchev–Trinajstić information content (AvgIpc) is 2.48. The van der Waals surface area contributed by atoms with Gasteiger partial charge in [0.15, 0.2) is 0 Å². The normalized spacial score (nSPS) is 22.4. The number of carbonyl (C=O) groups excluding carboxylic acids is 1. The van der Waals surface area contributed by atoms with Gasteiger partial charge in [0.2, 0.25) is 5.91 Å². The van der Waals surface area contributed by atoms with Crippen molar-refractivity contribution in [1.29, 1.82) is 0 Å². The summed E-state index contributed by atoms with van der Waals surface area (Å²) < 4.78 is 0. The monoisotopic (exact) mass is 226 g/mol. The van der Waals surface area contributed by atoms with Crippen LogP contribution in [0.1, 0.15) is 46.5 Å². The number of nitrogens with one attached hydrogen (secondary N) is 1. The molecule has 0 spiro atoms. The SMILES string of the molecule is CN1CCC(NC(=O)CCCC(C)(C)C)C1. The van der Waals surface area contributed by atoms with Crippen molar-refractivity contribution < 1.29 is 4.79 Å². The third-order valence-electron chi connectivity index (χ3n) is 3.09. The summed E-state index contributed by atoms with van der Waals surface area (Å²) in [5, 5.41) is 3.11. The first-order valence-electron chi connectivity index (χ1n) is 6.35. The molecule has 1 aliphatic rings. The van der Waals surface area contributed by atoms with Gasteiger partial charge in [0, 0.05) is 19.0 Å². The van der Waals surface area contributed by atoms with Crippen molar-refractivity contribution in [3.05, 3.63) is 0 Å². The summed E-state index contributed by atoms with van der Waals surface area (Å²) in [6, 6.07) is 0.382. The molecule has 1 fully saturated rings. The maximum absolute atomic E-state index is 11.7. The Morgan fingerprint density at radius 2 is 2.12 bits per heavy atom. The number of hydrogen-bond donors (Lipinski definition) is 1. The van der Waals surface area contributed by atoms with Crippen LogP contribution in [0.15, 0.2) is 0 Å². The van der Waals surface area contributed by atoms with Crippen molar-refractivity contribution in [3.8, 4) is 0 Å². The Bertz CT molecular complexity index is 233. The first-order chi connectivity index (χ1) is 7.37. The molecule has 3 nitrogen and oxygen atoms in total. The fourth-order valence-electron chi connectivity index (χ4n) is 2.13. The predicted molar refractivity (Wildman–Crippen MR) is 67.4 cm³/mol. The Morgan fingerprint density at radius 1 is 1.44 bits per heavy atom. The summed E-state index contributed by atoms with van der Waals surface area (Å²) in [4.78, 5) is 13.9. The maximum atomic E-state index is 11.7. The van der Waals surface area contributed by atoms with E-state index in [1.165, 1.54) is 0 Å². The molecule has 1 saturated heterocycles. The van der Waals surface area contributed by atoms with Crippen LogP contribution in [0, 0.1) is 5.41 Å². The lowest BCUT2D eigenvalue weighted by Gasteiger charge is -2.18. The van der Waals surface area contributed by atoms with E-state index in [1.54, 1.807) is 0 Å². The van der Waals surface area contributed by atoms with Crippen molar-refractivity contribution in [2.24, 2.45) is 5.41 Å². The smallest absolute Gasteiger partial charge is 0.220 e. The van der Waals surface area contributed by atoms with Gasteiger partial charge in [-0.15, -0.1) is 0 Å². The minimum absolute atomic E-state index is 0.226. The lowest BCUT2D eigenvalue weighted by molar-refractivity contribution is -0.121. The molecule has 3 heteroatoms. The zero-order chi connectivity index (χ0) is 12.2. The van der Waals surface area contributed by atoms with Gasteiger partial charge in [-0.1, -0.05) is 20.8 Å². The van der Waals surface area contributed by atoms with Gasteiger partial charge in [0.25, 0.3) is 0 Å². The molecule has 1 amide bonds. The molecular weight excluding hydrogens is 200 g/mol. The summed E-state index contributed by atoms with van der Waals surface area (Å²) in [7, 11) is 2.10. The second-order valence-corrected chi connectivity index (χ2v) is 6.23. The summed E-state index contributed by atoms with van der Waals surface area (Å²) in [5.74, 6) is 0.226. The molecular formula is C13H26N2O. The Kier molecular flexibility index (Phi) is 4.78. The Labute approximate surface area is 99.6 Å². The number of likely N-dealkylation sites (N-methyl/N-ethyl adjacent to an activating group) is 1. The fraction of sp³-hybridized carbons (Fsp3) is 0.923. The van der Waals surface area contributed by atoms with E-state index in [4.69, 9.17) is 0 Å². The molecule has 94 valence electrons. The Balaban J connectivity index is 2.12. The summed E-state index contributed by atoms with van der Waals surface area (Å²) in [5.41, 5.74) is 0.341. The lowest BCUT2D eigenvalue weighted by atomic mass is 9.90. The van der Waals surface area contributed by atoms with E-state index < -0.39 is 0 Å². The molecule has 16 heavy (non-hydrogen) atoms. The molecule has 1 N–H and O–H groups in total. The van der Waals surface area contributed by atoms with Crippen LogP contribution in [0.2, 0.25) is 0 Å². The molecule has 0 aliphatic carbocycles. The van der Waals surface area contributed by atoms with E-state index in [0.717, 1.165) is 32.4 Å². The van der Waals surface area contributed by atoms with Crippen molar-refractivity contribution in [2.45, 2.75) is 52.5 Å². The number of carbonyl (C=O) groups is 1. The predicted octanol–water partition coefficient (Wildman–Crippen LogP) is 2.02. The van der Waals surface area contributed by atoms with Gasteiger partial charge in [0.05, 0.1) is 0 Å².